The number of halogens is 2. The smallest absolute Gasteiger partial charge is 0.268 e. The summed E-state index contributed by atoms with van der Waals surface area (Å²) in [7, 11) is 0. The van der Waals surface area contributed by atoms with Gasteiger partial charge in [0.15, 0.2) is 5.58 Å². The molecule has 136 valence electrons. The molecule has 27 heavy (non-hydrogen) atoms. The Labute approximate surface area is 160 Å². The van der Waals surface area contributed by atoms with Gasteiger partial charge in [-0.3, -0.25) is 4.79 Å². The molecular formula is C21H16ClFN2O2. The standard InChI is InChI=1S/C21H16ClFN2O2/c22-16-6-4-14(5-7-16)12-24-21(26)19-11-20-18(8-9-27-20)25(19)13-15-2-1-3-17(23)10-15/h1-11H,12-13H2,(H,24,26). The maximum atomic E-state index is 13.5. The zero-order chi connectivity index (χ0) is 18.8. The lowest BCUT2D eigenvalue weighted by atomic mass is 10.2. The Morgan fingerprint density at radius 1 is 1.07 bits per heavy atom. The maximum absolute atomic E-state index is 13.5. The van der Waals surface area contributed by atoms with Crippen LogP contribution in [0.25, 0.3) is 11.1 Å². The summed E-state index contributed by atoms with van der Waals surface area (Å²) < 4.78 is 20.8. The van der Waals surface area contributed by atoms with Crippen LogP contribution in [0.1, 0.15) is 21.6 Å². The predicted molar refractivity (Wildman–Crippen MR) is 102 cm³/mol. The summed E-state index contributed by atoms with van der Waals surface area (Å²) in [5.74, 6) is -0.537. The van der Waals surface area contributed by atoms with Crippen molar-refractivity contribution < 1.29 is 13.6 Å². The van der Waals surface area contributed by atoms with E-state index in [4.69, 9.17) is 16.0 Å². The Morgan fingerprint density at radius 2 is 1.89 bits per heavy atom. The first kappa shape index (κ1) is 17.4. The molecule has 0 fully saturated rings. The molecule has 4 rings (SSSR count). The van der Waals surface area contributed by atoms with Crippen LogP contribution in [0.3, 0.4) is 0 Å². The first-order chi connectivity index (χ1) is 13.1. The van der Waals surface area contributed by atoms with Crippen molar-refractivity contribution in [2.45, 2.75) is 13.1 Å². The molecule has 1 amide bonds. The van der Waals surface area contributed by atoms with Crippen LogP contribution in [-0.4, -0.2) is 10.5 Å². The molecule has 2 heterocycles. The second-order valence-corrected chi connectivity index (χ2v) is 6.66. The molecule has 0 spiro atoms. The van der Waals surface area contributed by atoms with E-state index < -0.39 is 0 Å². The summed E-state index contributed by atoms with van der Waals surface area (Å²) in [5, 5.41) is 3.55. The van der Waals surface area contributed by atoms with E-state index in [0.717, 1.165) is 16.6 Å². The monoisotopic (exact) mass is 382 g/mol. The molecule has 0 unspecified atom stereocenters. The summed E-state index contributed by atoms with van der Waals surface area (Å²) in [4.78, 5) is 12.8. The number of carbonyl (C=O) groups is 1. The van der Waals surface area contributed by atoms with Crippen molar-refractivity contribution in [1.29, 1.82) is 0 Å². The third-order valence-electron chi connectivity index (χ3n) is 4.35. The van der Waals surface area contributed by atoms with Crippen LogP contribution < -0.4 is 5.32 Å². The Bertz CT molecular complexity index is 1100. The highest BCUT2D eigenvalue weighted by Gasteiger charge is 2.17. The molecule has 1 N–H and O–H groups in total. The molecule has 6 heteroatoms. The normalized spacial score (nSPS) is 11.0. The lowest BCUT2D eigenvalue weighted by Gasteiger charge is -2.11. The number of amides is 1. The highest BCUT2D eigenvalue weighted by atomic mass is 35.5. The first-order valence-electron chi connectivity index (χ1n) is 8.44. The van der Waals surface area contributed by atoms with Gasteiger partial charge in [0.2, 0.25) is 0 Å². The van der Waals surface area contributed by atoms with Crippen LogP contribution >= 0.6 is 11.6 Å². The lowest BCUT2D eigenvalue weighted by Crippen LogP contribution is -2.25. The van der Waals surface area contributed by atoms with Gasteiger partial charge in [0.1, 0.15) is 11.5 Å². The molecular weight excluding hydrogens is 367 g/mol. The van der Waals surface area contributed by atoms with Gasteiger partial charge >= 0.3 is 0 Å². The van der Waals surface area contributed by atoms with Gasteiger partial charge in [0, 0.05) is 30.2 Å². The number of nitrogens with one attached hydrogen (secondary N) is 1. The van der Waals surface area contributed by atoms with Gasteiger partial charge in [0.05, 0.1) is 11.8 Å². The fourth-order valence-electron chi connectivity index (χ4n) is 3.03. The zero-order valence-electron chi connectivity index (χ0n) is 14.3. The number of rotatable bonds is 5. The number of fused-ring (bicyclic) bond motifs is 1. The summed E-state index contributed by atoms with van der Waals surface area (Å²) in [6, 6.07) is 17.1. The van der Waals surface area contributed by atoms with Gasteiger partial charge < -0.3 is 14.3 Å². The van der Waals surface area contributed by atoms with Gasteiger partial charge in [-0.1, -0.05) is 35.9 Å². The molecule has 0 aliphatic carbocycles. The summed E-state index contributed by atoms with van der Waals surface area (Å²) in [5.41, 5.74) is 3.57. The molecule has 0 atom stereocenters. The number of furan rings is 1. The highest BCUT2D eigenvalue weighted by molar-refractivity contribution is 6.30. The summed E-state index contributed by atoms with van der Waals surface area (Å²) >= 11 is 5.88. The molecule has 0 bridgehead atoms. The van der Waals surface area contributed by atoms with Crippen molar-refractivity contribution >= 4 is 28.6 Å². The second-order valence-electron chi connectivity index (χ2n) is 6.22. The van der Waals surface area contributed by atoms with Crippen molar-refractivity contribution in [3.05, 3.63) is 94.6 Å². The lowest BCUT2D eigenvalue weighted by molar-refractivity contribution is 0.0942. The van der Waals surface area contributed by atoms with Crippen LogP contribution in [0.2, 0.25) is 5.02 Å². The molecule has 4 aromatic rings. The van der Waals surface area contributed by atoms with E-state index in [1.165, 1.54) is 12.1 Å². The van der Waals surface area contributed by atoms with Gasteiger partial charge in [-0.2, -0.15) is 0 Å². The van der Waals surface area contributed by atoms with Crippen LogP contribution in [0.4, 0.5) is 4.39 Å². The van der Waals surface area contributed by atoms with Gasteiger partial charge in [0.25, 0.3) is 5.91 Å². The second kappa shape index (κ2) is 7.29. The first-order valence-corrected chi connectivity index (χ1v) is 8.82. The van der Waals surface area contributed by atoms with E-state index in [1.54, 1.807) is 36.6 Å². The van der Waals surface area contributed by atoms with E-state index in [9.17, 15) is 9.18 Å². The van der Waals surface area contributed by atoms with Crippen molar-refractivity contribution in [2.75, 3.05) is 0 Å². The molecule has 0 aliphatic heterocycles. The third-order valence-corrected chi connectivity index (χ3v) is 4.60. The molecule has 0 saturated heterocycles. The topological polar surface area (TPSA) is 47.2 Å². The third kappa shape index (κ3) is 3.73. The van der Waals surface area contributed by atoms with E-state index in [-0.39, 0.29) is 11.7 Å². The van der Waals surface area contributed by atoms with Gasteiger partial charge in [-0.25, -0.2) is 4.39 Å². The molecule has 2 aromatic carbocycles. The average molecular weight is 383 g/mol. The van der Waals surface area contributed by atoms with E-state index in [2.05, 4.69) is 5.32 Å². The number of aromatic nitrogens is 1. The number of hydrogen-bond donors (Lipinski definition) is 1. The van der Waals surface area contributed by atoms with Crippen LogP contribution in [0.15, 0.2) is 71.3 Å². The fraction of sp³-hybridized carbons (Fsp3) is 0.0952. The van der Waals surface area contributed by atoms with Gasteiger partial charge in [-0.05, 0) is 35.4 Å². The van der Waals surface area contributed by atoms with Gasteiger partial charge in [-0.15, -0.1) is 0 Å². The highest BCUT2D eigenvalue weighted by Crippen LogP contribution is 2.23. The number of benzene rings is 2. The Morgan fingerprint density at radius 3 is 2.67 bits per heavy atom. The number of nitrogens with zero attached hydrogens (tertiary/aromatic N) is 1. The Hall–Kier alpha value is -3.05. The van der Waals surface area contributed by atoms with Crippen molar-refractivity contribution in [1.82, 2.24) is 9.88 Å². The van der Waals surface area contributed by atoms with Crippen LogP contribution in [-0.2, 0) is 13.1 Å². The Balaban J connectivity index is 1.59. The van der Waals surface area contributed by atoms with Crippen LogP contribution in [0, 0.1) is 5.82 Å². The molecule has 0 aliphatic rings. The molecule has 0 radical (unpaired) electrons. The number of hydrogen-bond acceptors (Lipinski definition) is 2. The van der Waals surface area contributed by atoms with E-state index in [1.807, 2.05) is 22.8 Å². The van der Waals surface area contributed by atoms with E-state index >= 15 is 0 Å². The van der Waals surface area contributed by atoms with Crippen molar-refractivity contribution in [3.63, 3.8) is 0 Å². The quantitative estimate of drug-likeness (QED) is 0.527. The van der Waals surface area contributed by atoms with Crippen LogP contribution in [0.5, 0.6) is 0 Å². The average Bonchev–Trinajstić information content (AvgIpc) is 3.24. The minimum atomic E-state index is -0.308. The van der Waals surface area contributed by atoms with E-state index in [0.29, 0.717) is 29.4 Å². The SMILES string of the molecule is O=C(NCc1ccc(Cl)cc1)c1cc2occc2n1Cc1cccc(F)c1. The van der Waals surface area contributed by atoms with Crippen molar-refractivity contribution in [3.8, 4) is 0 Å². The summed E-state index contributed by atoms with van der Waals surface area (Å²) in [6.07, 6.45) is 1.57. The predicted octanol–water partition coefficient (Wildman–Crippen LogP) is 5.01. The molecule has 2 aromatic heterocycles. The molecule has 0 saturated carbocycles. The fourth-order valence-corrected chi connectivity index (χ4v) is 3.15. The minimum Gasteiger partial charge on any atom is -0.463 e. The largest absolute Gasteiger partial charge is 0.463 e. The Kier molecular flexibility index (Phi) is 4.69. The number of carbonyl (C=O) groups excluding carboxylic acids is 1. The zero-order valence-corrected chi connectivity index (χ0v) is 15.0. The molecule has 4 nitrogen and oxygen atoms in total. The van der Waals surface area contributed by atoms with Crippen molar-refractivity contribution in [2.24, 2.45) is 0 Å². The maximum Gasteiger partial charge on any atom is 0.268 e. The minimum absolute atomic E-state index is 0.229. The summed E-state index contributed by atoms with van der Waals surface area (Å²) in [6.45, 7) is 0.743.